The number of rotatable bonds is 6. The van der Waals surface area contributed by atoms with E-state index in [1.54, 1.807) is 42.5 Å². The molecule has 0 aliphatic heterocycles. The van der Waals surface area contributed by atoms with Gasteiger partial charge in [-0.25, -0.2) is 0 Å². The fourth-order valence-corrected chi connectivity index (χ4v) is 2.40. The molecule has 0 bridgehead atoms. The van der Waals surface area contributed by atoms with Gasteiger partial charge in [0.15, 0.2) is 0 Å². The van der Waals surface area contributed by atoms with Crippen molar-refractivity contribution in [1.82, 2.24) is 10.2 Å². The van der Waals surface area contributed by atoms with Crippen LogP contribution in [0.3, 0.4) is 0 Å². The van der Waals surface area contributed by atoms with Crippen molar-refractivity contribution in [3.8, 4) is 12.3 Å². The average Bonchev–Trinajstić information content (AvgIpc) is 2.65. The van der Waals surface area contributed by atoms with E-state index in [1.807, 2.05) is 0 Å². The highest BCUT2D eigenvalue weighted by molar-refractivity contribution is 6.31. The molecule has 2 aromatic rings. The number of anilines is 1. The first-order valence-electron chi connectivity index (χ1n) is 8.03. The van der Waals surface area contributed by atoms with Crippen molar-refractivity contribution in [2.45, 2.75) is 0 Å². The van der Waals surface area contributed by atoms with Gasteiger partial charge in [0.1, 0.15) is 0 Å². The molecule has 2 aromatic carbocycles. The zero-order valence-electron chi connectivity index (χ0n) is 14.7. The molecule has 7 heteroatoms. The minimum atomic E-state index is -0.421. The maximum absolute atomic E-state index is 12.1. The van der Waals surface area contributed by atoms with Gasteiger partial charge in [-0.15, -0.1) is 6.42 Å². The van der Waals surface area contributed by atoms with E-state index in [0.29, 0.717) is 21.8 Å². The molecule has 0 atom stereocenters. The maximum Gasteiger partial charge on any atom is 0.251 e. The third-order valence-electron chi connectivity index (χ3n) is 3.61. The van der Waals surface area contributed by atoms with E-state index in [9.17, 15) is 14.4 Å². The zero-order valence-corrected chi connectivity index (χ0v) is 15.4. The topological polar surface area (TPSA) is 78.5 Å². The summed E-state index contributed by atoms with van der Waals surface area (Å²) >= 11 is 5.83. The molecule has 0 saturated heterocycles. The van der Waals surface area contributed by atoms with Crippen LogP contribution in [0.4, 0.5) is 5.69 Å². The Labute approximate surface area is 162 Å². The Morgan fingerprint density at radius 3 is 2.59 bits per heavy atom. The molecule has 0 heterocycles. The molecule has 0 saturated carbocycles. The highest BCUT2D eigenvalue weighted by Crippen LogP contribution is 2.11. The third-order valence-corrected chi connectivity index (χ3v) is 3.84. The molecule has 0 fully saturated rings. The molecule has 0 aromatic heterocycles. The molecule has 138 valence electrons. The number of carbonyl (C=O) groups is 3. The number of benzene rings is 2. The highest BCUT2D eigenvalue weighted by Gasteiger charge is 2.15. The van der Waals surface area contributed by atoms with Gasteiger partial charge in [0, 0.05) is 28.9 Å². The smallest absolute Gasteiger partial charge is 0.251 e. The molecule has 6 nitrogen and oxygen atoms in total. The molecule has 2 rings (SSSR count). The number of likely N-dealkylation sites (N-methyl/N-ethyl adjacent to an activating group) is 1. The van der Waals surface area contributed by atoms with E-state index in [4.69, 9.17) is 18.0 Å². The van der Waals surface area contributed by atoms with Crippen molar-refractivity contribution >= 4 is 35.0 Å². The Balaban J connectivity index is 1.83. The van der Waals surface area contributed by atoms with Crippen LogP contribution in [0.15, 0.2) is 48.5 Å². The molecular weight excluding hydrogens is 366 g/mol. The normalized spacial score (nSPS) is 9.81. The van der Waals surface area contributed by atoms with Crippen molar-refractivity contribution in [3.63, 3.8) is 0 Å². The zero-order chi connectivity index (χ0) is 19.8. The molecule has 0 radical (unpaired) electrons. The molecule has 0 aliphatic rings. The van der Waals surface area contributed by atoms with E-state index < -0.39 is 11.8 Å². The van der Waals surface area contributed by atoms with Crippen molar-refractivity contribution < 1.29 is 14.4 Å². The summed E-state index contributed by atoms with van der Waals surface area (Å²) in [6.07, 6.45) is 5.32. The molecule has 0 spiro atoms. The number of nitrogens with one attached hydrogen (secondary N) is 2. The van der Waals surface area contributed by atoms with Crippen LogP contribution < -0.4 is 10.6 Å². The van der Waals surface area contributed by atoms with E-state index >= 15 is 0 Å². The summed E-state index contributed by atoms with van der Waals surface area (Å²) in [5.41, 5.74) is 1.54. The van der Waals surface area contributed by atoms with Gasteiger partial charge in [0.2, 0.25) is 11.8 Å². The van der Waals surface area contributed by atoms with Crippen molar-refractivity contribution in [1.29, 1.82) is 0 Å². The highest BCUT2D eigenvalue weighted by atomic mass is 35.5. The van der Waals surface area contributed by atoms with Crippen LogP contribution in [0.25, 0.3) is 0 Å². The maximum atomic E-state index is 12.1. The summed E-state index contributed by atoms with van der Waals surface area (Å²) in [5, 5.41) is 5.60. The monoisotopic (exact) mass is 383 g/mol. The van der Waals surface area contributed by atoms with E-state index in [1.165, 1.54) is 18.0 Å². The fraction of sp³-hybridized carbons (Fsp3) is 0.150. The molecule has 0 unspecified atom stereocenters. The number of carbonyl (C=O) groups excluding carboxylic acids is 3. The lowest BCUT2D eigenvalue weighted by atomic mass is 10.2. The van der Waals surface area contributed by atoms with Crippen LogP contribution in [-0.4, -0.2) is 42.8 Å². The van der Waals surface area contributed by atoms with Crippen molar-refractivity contribution in [3.05, 3.63) is 64.7 Å². The second-order valence-corrected chi connectivity index (χ2v) is 6.15. The minimum absolute atomic E-state index is 0.161. The van der Waals surface area contributed by atoms with Crippen LogP contribution in [-0.2, 0) is 9.59 Å². The molecule has 3 amide bonds. The predicted octanol–water partition coefficient (Wildman–Crippen LogP) is 2.15. The number of hydrogen-bond donors (Lipinski definition) is 2. The summed E-state index contributed by atoms with van der Waals surface area (Å²) in [6.45, 7) is -0.395. The number of nitrogens with zero attached hydrogens (tertiary/aromatic N) is 1. The van der Waals surface area contributed by atoms with Crippen LogP contribution in [0, 0.1) is 12.3 Å². The average molecular weight is 384 g/mol. The Kier molecular flexibility index (Phi) is 6.98. The second kappa shape index (κ2) is 9.41. The van der Waals surface area contributed by atoms with E-state index in [0.717, 1.165) is 0 Å². The first kappa shape index (κ1) is 20.0. The van der Waals surface area contributed by atoms with Crippen LogP contribution in [0.2, 0.25) is 5.02 Å². The quantitative estimate of drug-likeness (QED) is 0.750. The van der Waals surface area contributed by atoms with E-state index in [-0.39, 0.29) is 19.0 Å². The van der Waals surface area contributed by atoms with Crippen LogP contribution in [0.1, 0.15) is 15.9 Å². The van der Waals surface area contributed by atoms with Crippen molar-refractivity contribution in [2.75, 3.05) is 25.5 Å². The number of terminal acetylenes is 1. The lowest BCUT2D eigenvalue weighted by Crippen LogP contribution is -2.41. The van der Waals surface area contributed by atoms with E-state index in [2.05, 4.69) is 16.6 Å². The Morgan fingerprint density at radius 2 is 1.89 bits per heavy atom. The van der Waals surface area contributed by atoms with Gasteiger partial charge in [-0.3, -0.25) is 14.4 Å². The number of amides is 3. The summed E-state index contributed by atoms with van der Waals surface area (Å²) in [6, 6.07) is 13.2. The Hall–Kier alpha value is -3.30. The molecular formula is C20H18ClN3O3. The van der Waals surface area contributed by atoms with Crippen LogP contribution >= 0.6 is 11.6 Å². The minimum Gasteiger partial charge on any atom is -0.343 e. The Bertz CT molecular complexity index is 905. The van der Waals surface area contributed by atoms with Crippen molar-refractivity contribution in [2.24, 2.45) is 0 Å². The van der Waals surface area contributed by atoms with Gasteiger partial charge in [-0.1, -0.05) is 29.7 Å². The summed E-state index contributed by atoms with van der Waals surface area (Å²) in [5.74, 6) is 1.28. The Morgan fingerprint density at radius 1 is 1.15 bits per heavy atom. The van der Waals surface area contributed by atoms with Gasteiger partial charge in [0.25, 0.3) is 5.91 Å². The number of hydrogen-bond acceptors (Lipinski definition) is 3. The van der Waals surface area contributed by atoms with Crippen LogP contribution in [0.5, 0.6) is 0 Å². The molecule has 2 N–H and O–H groups in total. The lowest BCUT2D eigenvalue weighted by molar-refractivity contribution is -0.132. The first-order chi connectivity index (χ1) is 12.9. The summed E-state index contributed by atoms with van der Waals surface area (Å²) in [7, 11) is 1.48. The van der Waals surface area contributed by atoms with Gasteiger partial charge in [0.05, 0.1) is 13.1 Å². The van der Waals surface area contributed by atoms with Gasteiger partial charge in [-0.05, 0) is 36.4 Å². The standard InChI is InChI=1S/C20H18ClN3O3/c1-3-14-6-4-9-17(10-14)23-18(25)13-24(2)19(26)12-22-20(27)15-7-5-8-16(21)11-15/h1,4-11H,12-13H2,2H3,(H,22,27)(H,23,25). The third kappa shape index (κ3) is 6.17. The SMILES string of the molecule is C#Cc1cccc(NC(=O)CN(C)C(=O)CNC(=O)c2cccc(Cl)c2)c1. The molecule has 0 aliphatic carbocycles. The first-order valence-corrected chi connectivity index (χ1v) is 8.41. The van der Waals surface area contributed by atoms with Gasteiger partial charge < -0.3 is 15.5 Å². The summed E-state index contributed by atoms with van der Waals surface area (Å²) < 4.78 is 0. The number of halogens is 1. The largest absolute Gasteiger partial charge is 0.343 e. The lowest BCUT2D eigenvalue weighted by Gasteiger charge is -2.17. The predicted molar refractivity (Wildman–Crippen MR) is 104 cm³/mol. The van der Waals surface area contributed by atoms with Gasteiger partial charge >= 0.3 is 0 Å². The molecule has 27 heavy (non-hydrogen) atoms. The van der Waals surface area contributed by atoms with Gasteiger partial charge in [-0.2, -0.15) is 0 Å². The fourth-order valence-electron chi connectivity index (χ4n) is 2.21. The second-order valence-electron chi connectivity index (χ2n) is 5.72. The summed E-state index contributed by atoms with van der Waals surface area (Å²) in [4.78, 5) is 37.4.